The summed E-state index contributed by atoms with van der Waals surface area (Å²) >= 11 is 0. The molecule has 3 fully saturated rings. The second-order valence-corrected chi connectivity index (χ2v) is 7.61. The third-order valence-electron chi connectivity index (χ3n) is 6.28. The van der Waals surface area contributed by atoms with Crippen LogP contribution in [0.1, 0.15) is 59.8 Å². The van der Waals surface area contributed by atoms with E-state index in [0.29, 0.717) is 18.8 Å². The van der Waals surface area contributed by atoms with Crippen LogP contribution in [0.15, 0.2) is 0 Å². The van der Waals surface area contributed by atoms with E-state index in [2.05, 4.69) is 20.8 Å². The summed E-state index contributed by atoms with van der Waals surface area (Å²) in [6.45, 7) is 8.18. The van der Waals surface area contributed by atoms with Crippen LogP contribution in [0, 0.1) is 11.8 Å². The van der Waals surface area contributed by atoms with Gasteiger partial charge in [0.15, 0.2) is 0 Å². The second kappa shape index (κ2) is 3.31. The maximum Gasteiger partial charge on any atom is 0.126 e. The molecule has 3 nitrogen and oxygen atoms in total. The van der Waals surface area contributed by atoms with Crippen LogP contribution in [0.2, 0.25) is 0 Å². The number of fused-ring (bicyclic) bond motifs is 1. The molecule has 1 heterocycles. The first-order valence-corrected chi connectivity index (χ1v) is 7.30. The van der Waals surface area contributed by atoms with Crippen molar-refractivity contribution in [1.82, 2.24) is 0 Å². The van der Waals surface area contributed by atoms with Gasteiger partial charge < -0.3 is 14.9 Å². The van der Waals surface area contributed by atoms with Gasteiger partial charge in [-0.1, -0.05) is 6.92 Å². The van der Waals surface area contributed by atoms with Crippen molar-refractivity contribution in [3.8, 4) is 0 Å². The lowest BCUT2D eigenvalue weighted by atomic mass is 9.71. The molecule has 3 rings (SSSR count). The molecule has 1 aliphatic heterocycles. The Morgan fingerprint density at radius 3 is 2.39 bits per heavy atom. The van der Waals surface area contributed by atoms with Gasteiger partial charge in [0.1, 0.15) is 5.60 Å². The van der Waals surface area contributed by atoms with Gasteiger partial charge in [0, 0.05) is 0 Å². The molecule has 0 aromatic rings. The molecule has 3 aliphatic rings. The zero-order valence-corrected chi connectivity index (χ0v) is 12.0. The fraction of sp³-hybridized carbons (Fsp3) is 1.00. The fourth-order valence-corrected chi connectivity index (χ4v) is 4.85. The van der Waals surface area contributed by atoms with Gasteiger partial charge in [-0.15, -0.1) is 0 Å². The summed E-state index contributed by atoms with van der Waals surface area (Å²) in [5.74, 6) is 0.645. The normalized spacial score (nSPS) is 58.3. The molecule has 0 aromatic carbocycles. The van der Waals surface area contributed by atoms with Gasteiger partial charge in [0.05, 0.1) is 16.8 Å². The molecule has 2 aliphatic carbocycles. The maximum absolute atomic E-state index is 11.2. The lowest BCUT2D eigenvalue weighted by Gasteiger charge is -2.49. The van der Waals surface area contributed by atoms with Crippen molar-refractivity contribution < 1.29 is 14.9 Å². The van der Waals surface area contributed by atoms with E-state index in [1.165, 1.54) is 0 Å². The Bertz CT molecular complexity index is 376. The average molecular weight is 254 g/mol. The van der Waals surface area contributed by atoms with Crippen LogP contribution in [0.3, 0.4) is 0 Å². The summed E-state index contributed by atoms with van der Waals surface area (Å²) in [7, 11) is 0. The smallest absolute Gasteiger partial charge is 0.126 e. The largest absolute Gasteiger partial charge is 0.387 e. The van der Waals surface area contributed by atoms with E-state index in [9.17, 15) is 10.2 Å². The Kier molecular flexibility index (Phi) is 2.37. The zero-order chi connectivity index (χ0) is 13.4. The van der Waals surface area contributed by atoms with Crippen LogP contribution in [0.4, 0.5) is 0 Å². The molecular formula is C15H26O3. The summed E-state index contributed by atoms with van der Waals surface area (Å²) < 4.78 is 6.35. The van der Waals surface area contributed by atoms with Crippen molar-refractivity contribution in [2.45, 2.75) is 82.2 Å². The maximum atomic E-state index is 11.2. The van der Waals surface area contributed by atoms with E-state index in [4.69, 9.17) is 4.74 Å². The molecule has 2 N–H and O–H groups in total. The van der Waals surface area contributed by atoms with Crippen LogP contribution in [-0.2, 0) is 4.74 Å². The first-order valence-electron chi connectivity index (χ1n) is 7.30. The van der Waals surface area contributed by atoms with E-state index in [-0.39, 0.29) is 11.5 Å². The lowest BCUT2D eigenvalue weighted by molar-refractivity contribution is -0.256. The predicted octanol–water partition coefficient (Wildman–Crippen LogP) is 2.25. The lowest BCUT2D eigenvalue weighted by Crippen LogP contribution is -2.63. The summed E-state index contributed by atoms with van der Waals surface area (Å²) in [6.07, 6.45) is 4.22. The zero-order valence-electron chi connectivity index (χ0n) is 12.0. The van der Waals surface area contributed by atoms with E-state index >= 15 is 0 Å². The van der Waals surface area contributed by atoms with E-state index in [0.717, 1.165) is 19.3 Å². The van der Waals surface area contributed by atoms with Crippen LogP contribution in [-0.4, -0.2) is 32.6 Å². The van der Waals surface area contributed by atoms with Crippen molar-refractivity contribution in [2.24, 2.45) is 11.8 Å². The Balaban J connectivity index is 2.15. The highest BCUT2D eigenvalue weighted by atomic mass is 16.6. The molecule has 18 heavy (non-hydrogen) atoms. The fourth-order valence-electron chi connectivity index (χ4n) is 4.85. The molecule has 1 spiro atoms. The van der Waals surface area contributed by atoms with Crippen molar-refractivity contribution >= 4 is 0 Å². The molecule has 2 bridgehead atoms. The topological polar surface area (TPSA) is 49.7 Å². The summed E-state index contributed by atoms with van der Waals surface area (Å²) in [6, 6.07) is 0. The van der Waals surface area contributed by atoms with Gasteiger partial charge >= 0.3 is 0 Å². The van der Waals surface area contributed by atoms with Gasteiger partial charge in [-0.2, -0.15) is 0 Å². The van der Waals surface area contributed by atoms with E-state index in [1.54, 1.807) is 0 Å². The molecule has 3 heteroatoms. The molecule has 2 saturated carbocycles. The van der Waals surface area contributed by atoms with Crippen molar-refractivity contribution in [1.29, 1.82) is 0 Å². The Labute approximate surface area is 110 Å². The van der Waals surface area contributed by atoms with Crippen LogP contribution in [0.25, 0.3) is 0 Å². The highest BCUT2D eigenvalue weighted by Gasteiger charge is 2.74. The van der Waals surface area contributed by atoms with Gasteiger partial charge in [-0.25, -0.2) is 0 Å². The molecule has 5 atom stereocenters. The average Bonchev–Trinajstić information content (AvgIpc) is 2.59. The van der Waals surface area contributed by atoms with Crippen LogP contribution >= 0.6 is 0 Å². The van der Waals surface area contributed by atoms with Gasteiger partial charge in [-0.3, -0.25) is 0 Å². The first kappa shape index (κ1) is 12.9. The third kappa shape index (κ3) is 1.26. The molecule has 1 saturated heterocycles. The second-order valence-electron chi connectivity index (χ2n) is 7.61. The Hall–Kier alpha value is -0.120. The number of hydrogen-bond donors (Lipinski definition) is 2. The quantitative estimate of drug-likeness (QED) is 0.697. The van der Waals surface area contributed by atoms with Crippen molar-refractivity contribution in [3.63, 3.8) is 0 Å². The summed E-state index contributed by atoms with van der Waals surface area (Å²) in [5.41, 5.74) is -2.77. The van der Waals surface area contributed by atoms with Crippen LogP contribution < -0.4 is 0 Å². The molecule has 0 amide bonds. The monoisotopic (exact) mass is 254 g/mol. The summed E-state index contributed by atoms with van der Waals surface area (Å²) in [4.78, 5) is 0. The SMILES string of the molecule is C[C@H]1CC[C@@H]2C[C@@]3(OC2(C)C)[C@@]1(O)CC[C@@]3(C)O. The molecule has 0 radical (unpaired) electrons. The highest BCUT2D eigenvalue weighted by Crippen LogP contribution is 2.64. The minimum absolute atomic E-state index is 0.201. The molecule has 104 valence electrons. The highest BCUT2D eigenvalue weighted by molar-refractivity contribution is 5.24. The number of hydrogen-bond acceptors (Lipinski definition) is 3. The number of rotatable bonds is 0. The Morgan fingerprint density at radius 2 is 1.72 bits per heavy atom. The molecule has 0 unspecified atom stereocenters. The van der Waals surface area contributed by atoms with E-state index in [1.807, 2.05) is 6.92 Å². The van der Waals surface area contributed by atoms with Gasteiger partial charge in [0.25, 0.3) is 0 Å². The molecule has 0 aromatic heterocycles. The first-order chi connectivity index (χ1) is 8.15. The van der Waals surface area contributed by atoms with Crippen molar-refractivity contribution in [3.05, 3.63) is 0 Å². The predicted molar refractivity (Wildman–Crippen MR) is 69.2 cm³/mol. The molecular weight excluding hydrogens is 228 g/mol. The van der Waals surface area contributed by atoms with Crippen LogP contribution in [0.5, 0.6) is 0 Å². The van der Waals surface area contributed by atoms with E-state index < -0.39 is 16.8 Å². The summed E-state index contributed by atoms with van der Waals surface area (Å²) in [5, 5.41) is 22.0. The standard InChI is InChI=1S/C15H26O3/c1-10-5-6-11-9-15(18-12(11,2)3)13(4,16)7-8-14(10,15)17/h10-11,16-17H,5-9H2,1-4H3/t10-,11+,13+,14+,15-/m0/s1. The Morgan fingerprint density at radius 1 is 1.06 bits per heavy atom. The minimum atomic E-state index is -0.910. The minimum Gasteiger partial charge on any atom is -0.387 e. The number of ether oxygens (including phenoxy) is 1. The van der Waals surface area contributed by atoms with Crippen molar-refractivity contribution in [2.75, 3.05) is 0 Å². The third-order valence-corrected chi connectivity index (χ3v) is 6.28. The number of aliphatic hydroxyl groups is 2. The van der Waals surface area contributed by atoms with Gasteiger partial charge in [0.2, 0.25) is 0 Å². The van der Waals surface area contributed by atoms with Gasteiger partial charge in [-0.05, 0) is 64.7 Å².